The van der Waals surface area contributed by atoms with E-state index in [4.69, 9.17) is 9.57 Å². The number of amides is 2. The summed E-state index contributed by atoms with van der Waals surface area (Å²) in [6, 6.07) is 22.1. The number of nitrogens with zero attached hydrogens (tertiary/aromatic N) is 2. The van der Waals surface area contributed by atoms with Crippen molar-refractivity contribution in [3.8, 4) is 5.75 Å². The summed E-state index contributed by atoms with van der Waals surface area (Å²) in [6.45, 7) is 1.93. The maximum absolute atomic E-state index is 13.6. The van der Waals surface area contributed by atoms with Gasteiger partial charge in [0.2, 0.25) is 5.91 Å². The molecular weight excluding hydrogens is 472 g/mol. The van der Waals surface area contributed by atoms with Crippen molar-refractivity contribution in [2.24, 2.45) is 5.92 Å². The number of carbonyl (C=O) groups excluding carboxylic acids is 2. The topological polar surface area (TPSA) is 59.1 Å². The molecule has 2 amide bonds. The lowest BCUT2D eigenvalue weighted by Gasteiger charge is -2.29. The van der Waals surface area contributed by atoms with Gasteiger partial charge in [0.05, 0.1) is 29.0 Å². The molecule has 2 saturated heterocycles. The van der Waals surface area contributed by atoms with Crippen LogP contribution in [-0.4, -0.2) is 25.0 Å². The van der Waals surface area contributed by atoms with E-state index in [1.807, 2.05) is 73.7 Å². The fourth-order valence-electron chi connectivity index (χ4n) is 4.44. The molecule has 3 atom stereocenters. The van der Waals surface area contributed by atoms with Crippen LogP contribution in [0.2, 0.25) is 0 Å². The second-order valence-electron chi connectivity index (χ2n) is 7.90. The number of hydrogen-bond acceptors (Lipinski definition) is 5. The van der Waals surface area contributed by atoms with Crippen LogP contribution in [0.15, 0.2) is 77.3 Å². The number of hydroxylamine groups is 1. The summed E-state index contributed by atoms with van der Waals surface area (Å²) < 4.78 is 6.13. The normalized spacial score (nSPS) is 22.4. The molecule has 0 N–H and O–H groups in total. The number of halogens is 1. The summed E-state index contributed by atoms with van der Waals surface area (Å²) in [5.41, 5.74) is 3.17. The highest BCUT2D eigenvalue weighted by Gasteiger charge is 2.60. The van der Waals surface area contributed by atoms with E-state index in [9.17, 15) is 9.59 Å². The number of aryl methyl sites for hydroxylation is 1. The SMILES string of the molecule is COc1ccc([C@H]2[C@H]3C(=O)N(c4cccc(C)c4)C(=O)[C@H]3ON2c2ccccc2)cc1Br. The van der Waals surface area contributed by atoms with Crippen LogP contribution in [0.5, 0.6) is 5.75 Å². The smallest absolute Gasteiger partial charge is 0.266 e. The number of ether oxygens (including phenoxy) is 1. The van der Waals surface area contributed by atoms with Gasteiger partial charge in [-0.05, 0) is 70.4 Å². The van der Waals surface area contributed by atoms with Crippen molar-refractivity contribution in [3.63, 3.8) is 0 Å². The molecule has 32 heavy (non-hydrogen) atoms. The first kappa shape index (κ1) is 20.7. The van der Waals surface area contributed by atoms with Gasteiger partial charge in [-0.15, -0.1) is 0 Å². The zero-order valence-electron chi connectivity index (χ0n) is 17.6. The Bertz CT molecular complexity index is 1200. The first-order chi connectivity index (χ1) is 15.5. The van der Waals surface area contributed by atoms with Crippen molar-refractivity contribution in [1.29, 1.82) is 0 Å². The molecule has 5 rings (SSSR count). The Morgan fingerprint density at radius 3 is 2.34 bits per heavy atom. The van der Waals surface area contributed by atoms with Crippen LogP contribution in [0, 0.1) is 12.8 Å². The molecule has 0 saturated carbocycles. The third-order valence-corrected chi connectivity index (χ3v) is 6.52. The molecule has 7 heteroatoms. The zero-order chi connectivity index (χ0) is 22.4. The van der Waals surface area contributed by atoms with Gasteiger partial charge in [-0.1, -0.05) is 36.4 Å². The van der Waals surface area contributed by atoms with E-state index in [0.29, 0.717) is 11.4 Å². The minimum absolute atomic E-state index is 0.263. The molecular formula is C25H21BrN2O4. The Morgan fingerprint density at radius 2 is 1.66 bits per heavy atom. The maximum atomic E-state index is 13.6. The number of hydrogen-bond donors (Lipinski definition) is 0. The lowest BCUT2D eigenvalue weighted by molar-refractivity contribution is -0.126. The van der Waals surface area contributed by atoms with Crippen LogP contribution in [-0.2, 0) is 14.4 Å². The molecule has 2 aliphatic rings. The van der Waals surface area contributed by atoms with Crippen molar-refractivity contribution < 1.29 is 19.2 Å². The summed E-state index contributed by atoms with van der Waals surface area (Å²) in [5, 5.41) is 1.69. The predicted octanol–water partition coefficient (Wildman–Crippen LogP) is 4.82. The van der Waals surface area contributed by atoms with Gasteiger partial charge in [-0.2, -0.15) is 0 Å². The zero-order valence-corrected chi connectivity index (χ0v) is 19.2. The summed E-state index contributed by atoms with van der Waals surface area (Å²) in [4.78, 5) is 34.4. The van der Waals surface area contributed by atoms with Gasteiger partial charge < -0.3 is 4.74 Å². The fourth-order valence-corrected chi connectivity index (χ4v) is 5.00. The molecule has 3 aromatic carbocycles. The Hall–Kier alpha value is -3.16. The number of fused-ring (bicyclic) bond motifs is 1. The van der Waals surface area contributed by atoms with E-state index in [0.717, 1.165) is 21.3 Å². The lowest BCUT2D eigenvalue weighted by Crippen LogP contribution is -2.37. The molecule has 0 radical (unpaired) electrons. The van der Waals surface area contributed by atoms with Crippen LogP contribution in [0.4, 0.5) is 11.4 Å². The third kappa shape index (κ3) is 3.29. The molecule has 0 aromatic heterocycles. The lowest BCUT2D eigenvalue weighted by atomic mass is 9.90. The predicted molar refractivity (Wildman–Crippen MR) is 124 cm³/mol. The Kier molecular flexibility index (Phi) is 5.23. The maximum Gasteiger partial charge on any atom is 0.266 e. The summed E-state index contributed by atoms with van der Waals surface area (Å²) >= 11 is 3.54. The highest BCUT2D eigenvalue weighted by Crippen LogP contribution is 2.48. The average Bonchev–Trinajstić information content (AvgIpc) is 3.30. The fraction of sp³-hybridized carbons (Fsp3) is 0.200. The second kappa shape index (κ2) is 8.07. The molecule has 2 fully saturated rings. The van der Waals surface area contributed by atoms with Gasteiger partial charge in [-0.3, -0.25) is 14.4 Å². The number of imide groups is 1. The van der Waals surface area contributed by atoms with Crippen LogP contribution >= 0.6 is 15.9 Å². The molecule has 0 unspecified atom stereocenters. The van der Waals surface area contributed by atoms with E-state index in [1.54, 1.807) is 18.2 Å². The van der Waals surface area contributed by atoms with Crippen LogP contribution < -0.4 is 14.7 Å². The van der Waals surface area contributed by atoms with Gasteiger partial charge in [0, 0.05) is 0 Å². The molecule has 2 heterocycles. The molecule has 0 bridgehead atoms. The Balaban J connectivity index is 1.60. The number of carbonyl (C=O) groups is 2. The highest BCUT2D eigenvalue weighted by molar-refractivity contribution is 9.10. The van der Waals surface area contributed by atoms with Crippen molar-refractivity contribution in [1.82, 2.24) is 0 Å². The number of para-hydroxylation sites is 1. The van der Waals surface area contributed by atoms with Crippen molar-refractivity contribution in [3.05, 3.63) is 88.4 Å². The highest BCUT2D eigenvalue weighted by atomic mass is 79.9. The van der Waals surface area contributed by atoms with E-state index in [1.165, 1.54) is 4.90 Å². The minimum Gasteiger partial charge on any atom is -0.496 e. The third-order valence-electron chi connectivity index (χ3n) is 5.90. The molecule has 0 spiro atoms. The van der Waals surface area contributed by atoms with Gasteiger partial charge in [0.25, 0.3) is 5.91 Å². The average molecular weight is 493 g/mol. The number of rotatable bonds is 4. The summed E-state index contributed by atoms with van der Waals surface area (Å²) in [5.74, 6) is -0.600. The van der Waals surface area contributed by atoms with Crippen LogP contribution in [0.1, 0.15) is 17.2 Å². The standard InChI is InChI=1S/C25H21BrN2O4/c1-15-7-6-10-18(13-15)27-24(29)21-22(16-11-12-20(31-2)19(26)14-16)28(32-23(21)25(27)30)17-8-4-3-5-9-17/h3-14,21-23H,1-2H3/t21-,22+,23+/m1/s1. The Labute approximate surface area is 194 Å². The largest absolute Gasteiger partial charge is 0.496 e. The number of benzene rings is 3. The van der Waals surface area contributed by atoms with Crippen molar-refractivity contribution in [2.45, 2.75) is 19.1 Å². The number of methoxy groups -OCH3 is 1. The first-order valence-corrected chi connectivity index (χ1v) is 11.1. The second-order valence-corrected chi connectivity index (χ2v) is 8.76. The van der Waals surface area contributed by atoms with Gasteiger partial charge in [-0.25, -0.2) is 9.96 Å². The molecule has 0 aliphatic carbocycles. The quantitative estimate of drug-likeness (QED) is 0.488. The Morgan fingerprint density at radius 1 is 0.906 bits per heavy atom. The van der Waals surface area contributed by atoms with Crippen molar-refractivity contribution in [2.75, 3.05) is 17.1 Å². The van der Waals surface area contributed by atoms with E-state index < -0.39 is 18.1 Å². The minimum atomic E-state index is -0.894. The van der Waals surface area contributed by atoms with Crippen molar-refractivity contribution >= 4 is 39.1 Å². The summed E-state index contributed by atoms with van der Waals surface area (Å²) in [6.07, 6.45) is -0.894. The van der Waals surface area contributed by atoms with E-state index in [-0.39, 0.29) is 11.8 Å². The molecule has 3 aromatic rings. The first-order valence-electron chi connectivity index (χ1n) is 10.3. The van der Waals surface area contributed by atoms with Gasteiger partial charge >= 0.3 is 0 Å². The molecule has 6 nitrogen and oxygen atoms in total. The van der Waals surface area contributed by atoms with Gasteiger partial charge in [0.15, 0.2) is 6.10 Å². The molecule has 162 valence electrons. The molecule has 2 aliphatic heterocycles. The van der Waals surface area contributed by atoms with Crippen LogP contribution in [0.25, 0.3) is 0 Å². The van der Waals surface area contributed by atoms with E-state index in [2.05, 4.69) is 15.9 Å². The monoisotopic (exact) mass is 492 g/mol. The van der Waals surface area contributed by atoms with Gasteiger partial charge in [0.1, 0.15) is 11.7 Å². The number of anilines is 2. The summed E-state index contributed by atoms with van der Waals surface area (Å²) in [7, 11) is 1.60. The van der Waals surface area contributed by atoms with Crippen LogP contribution in [0.3, 0.4) is 0 Å². The van der Waals surface area contributed by atoms with E-state index >= 15 is 0 Å².